The Bertz CT molecular complexity index is 915. The molecule has 128 valence electrons. The van der Waals surface area contributed by atoms with Crippen LogP contribution in [0.25, 0.3) is 11.3 Å². The van der Waals surface area contributed by atoms with Gasteiger partial charge in [-0.05, 0) is 37.3 Å². The van der Waals surface area contributed by atoms with Gasteiger partial charge in [0.1, 0.15) is 5.69 Å². The predicted octanol–water partition coefficient (Wildman–Crippen LogP) is 1.95. The number of hydrogen-bond acceptors (Lipinski definition) is 5. The van der Waals surface area contributed by atoms with Crippen LogP contribution in [0.2, 0.25) is 0 Å². The van der Waals surface area contributed by atoms with Crippen molar-refractivity contribution in [3.63, 3.8) is 0 Å². The van der Waals surface area contributed by atoms with Gasteiger partial charge in [-0.25, -0.2) is 0 Å². The number of amides is 1. The SMILES string of the molecule is CCn1ccc(CNC(=O)c2cc(-c3ccc4c(c3)OCO4)n[nH]2)n1. The molecule has 2 aromatic heterocycles. The zero-order chi connectivity index (χ0) is 17.2. The summed E-state index contributed by atoms with van der Waals surface area (Å²) in [4.78, 5) is 12.3. The van der Waals surface area contributed by atoms with Crippen molar-refractivity contribution in [2.24, 2.45) is 0 Å². The summed E-state index contributed by atoms with van der Waals surface area (Å²) in [6.45, 7) is 3.40. The van der Waals surface area contributed by atoms with E-state index in [9.17, 15) is 4.79 Å². The highest BCUT2D eigenvalue weighted by Crippen LogP contribution is 2.35. The van der Waals surface area contributed by atoms with E-state index in [1.54, 1.807) is 6.07 Å². The van der Waals surface area contributed by atoms with Crippen molar-refractivity contribution in [1.29, 1.82) is 0 Å². The molecule has 0 bridgehead atoms. The third-order valence-corrected chi connectivity index (χ3v) is 3.94. The summed E-state index contributed by atoms with van der Waals surface area (Å²) >= 11 is 0. The third-order valence-electron chi connectivity index (χ3n) is 3.94. The second kappa shape index (κ2) is 6.31. The Balaban J connectivity index is 1.44. The Labute approximate surface area is 143 Å². The minimum atomic E-state index is -0.231. The van der Waals surface area contributed by atoms with E-state index < -0.39 is 0 Å². The van der Waals surface area contributed by atoms with Crippen LogP contribution >= 0.6 is 0 Å². The van der Waals surface area contributed by atoms with E-state index in [-0.39, 0.29) is 12.7 Å². The second-order valence-electron chi connectivity index (χ2n) is 5.58. The van der Waals surface area contributed by atoms with E-state index in [1.165, 1.54) is 0 Å². The number of hydrogen-bond donors (Lipinski definition) is 2. The number of carbonyl (C=O) groups is 1. The summed E-state index contributed by atoms with van der Waals surface area (Å²) in [7, 11) is 0. The Kier molecular flexibility index (Phi) is 3.85. The first-order valence-electron chi connectivity index (χ1n) is 7.99. The van der Waals surface area contributed by atoms with Gasteiger partial charge in [0.2, 0.25) is 6.79 Å². The topological polar surface area (TPSA) is 94.1 Å². The zero-order valence-electron chi connectivity index (χ0n) is 13.7. The second-order valence-corrected chi connectivity index (χ2v) is 5.58. The number of aromatic nitrogens is 4. The number of aryl methyl sites for hydroxylation is 1. The first kappa shape index (κ1) is 15.3. The highest BCUT2D eigenvalue weighted by Gasteiger charge is 2.16. The summed E-state index contributed by atoms with van der Waals surface area (Å²) in [5, 5.41) is 14.1. The molecule has 0 aliphatic carbocycles. The standard InChI is InChI=1S/C17H17N5O3/c1-2-22-6-5-12(21-22)9-18-17(23)14-8-13(19-20-14)11-3-4-15-16(7-11)25-10-24-15/h3-8H,2,9-10H2,1H3,(H,18,23)(H,19,20). The molecule has 4 rings (SSSR count). The van der Waals surface area contributed by atoms with Gasteiger partial charge in [0.05, 0.1) is 17.9 Å². The number of nitrogens with zero attached hydrogens (tertiary/aromatic N) is 3. The van der Waals surface area contributed by atoms with Crippen LogP contribution in [0.4, 0.5) is 0 Å². The normalized spacial score (nSPS) is 12.4. The molecule has 25 heavy (non-hydrogen) atoms. The number of rotatable bonds is 5. The molecule has 8 nitrogen and oxygen atoms in total. The maximum absolute atomic E-state index is 12.3. The van der Waals surface area contributed by atoms with Crippen LogP contribution in [-0.4, -0.2) is 32.7 Å². The van der Waals surface area contributed by atoms with Crippen molar-refractivity contribution in [3.05, 3.63) is 47.9 Å². The van der Waals surface area contributed by atoms with E-state index in [0.29, 0.717) is 29.4 Å². The van der Waals surface area contributed by atoms with E-state index >= 15 is 0 Å². The number of carbonyl (C=O) groups excluding carboxylic acids is 1. The van der Waals surface area contributed by atoms with Crippen LogP contribution in [0, 0.1) is 0 Å². The average Bonchev–Trinajstić information content (AvgIpc) is 3.38. The number of nitrogens with one attached hydrogen (secondary N) is 2. The molecular weight excluding hydrogens is 322 g/mol. The van der Waals surface area contributed by atoms with Crippen LogP contribution in [0.5, 0.6) is 11.5 Å². The fraction of sp³-hybridized carbons (Fsp3) is 0.235. The van der Waals surface area contributed by atoms with Crippen molar-refractivity contribution in [3.8, 4) is 22.8 Å². The molecule has 2 N–H and O–H groups in total. The lowest BCUT2D eigenvalue weighted by Gasteiger charge is -2.00. The summed E-state index contributed by atoms with van der Waals surface area (Å²) in [6.07, 6.45) is 1.88. The monoisotopic (exact) mass is 339 g/mol. The van der Waals surface area contributed by atoms with Crippen molar-refractivity contribution >= 4 is 5.91 Å². The quantitative estimate of drug-likeness (QED) is 0.741. The lowest BCUT2D eigenvalue weighted by Crippen LogP contribution is -2.23. The van der Waals surface area contributed by atoms with Crippen LogP contribution in [0.3, 0.4) is 0 Å². The maximum atomic E-state index is 12.3. The number of aromatic amines is 1. The Morgan fingerprint density at radius 3 is 3.00 bits per heavy atom. The molecule has 8 heteroatoms. The molecule has 1 aliphatic rings. The smallest absolute Gasteiger partial charge is 0.269 e. The van der Waals surface area contributed by atoms with Crippen molar-refractivity contribution in [2.45, 2.75) is 20.0 Å². The van der Waals surface area contributed by atoms with Gasteiger partial charge >= 0.3 is 0 Å². The average molecular weight is 339 g/mol. The van der Waals surface area contributed by atoms with Gasteiger partial charge < -0.3 is 14.8 Å². The zero-order valence-corrected chi connectivity index (χ0v) is 13.7. The fourth-order valence-corrected chi connectivity index (χ4v) is 2.58. The van der Waals surface area contributed by atoms with Crippen LogP contribution in [0.15, 0.2) is 36.5 Å². The number of fused-ring (bicyclic) bond motifs is 1. The first-order valence-corrected chi connectivity index (χ1v) is 7.99. The molecule has 1 aromatic carbocycles. The molecule has 0 unspecified atom stereocenters. The molecule has 0 atom stereocenters. The maximum Gasteiger partial charge on any atom is 0.269 e. The van der Waals surface area contributed by atoms with E-state index in [2.05, 4.69) is 20.6 Å². The molecule has 3 heterocycles. The molecule has 0 saturated heterocycles. The Morgan fingerprint density at radius 1 is 1.28 bits per heavy atom. The van der Waals surface area contributed by atoms with E-state index in [0.717, 1.165) is 17.8 Å². The lowest BCUT2D eigenvalue weighted by molar-refractivity contribution is 0.0945. The Morgan fingerprint density at radius 2 is 2.16 bits per heavy atom. The van der Waals surface area contributed by atoms with Gasteiger partial charge in [-0.15, -0.1) is 0 Å². The largest absolute Gasteiger partial charge is 0.454 e. The minimum absolute atomic E-state index is 0.223. The van der Waals surface area contributed by atoms with Gasteiger partial charge in [-0.3, -0.25) is 14.6 Å². The highest BCUT2D eigenvalue weighted by atomic mass is 16.7. The van der Waals surface area contributed by atoms with Crippen molar-refractivity contribution in [1.82, 2.24) is 25.3 Å². The summed E-state index contributed by atoms with van der Waals surface area (Å²) < 4.78 is 12.5. The van der Waals surface area contributed by atoms with Crippen LogP contribution in [0.1, 0.15) is 23.1 Å². The van der Waals surface area contributed by atoms with Gasteiger partial charge in [0.25, 0.3) is 5.91 Å². The molecule has 0 fully saturated rings. The molecule has 0 radical (unpaired) electrons. The lowest BCUT2D eigenvalue weighted by atomic mass is 10.1. The first-order chi connectivity index (χ1) is 12.2. The Hall–Kier alpha value is -3.29. The van der Waals surface area contributed by atoms with Gasteiger partial charge in [0.15, 0.2) is 11.5 Å². The van der Waals surface area contributed by atoms with Gasteiger partial charge in [0, 0.05) is 18.3 Å². The van der Waals surface area contributed by atoms with Gasteiger partial charge in [-0.1, -0.05) is 0 Å². The number of benzene rings is 1. The predicted molar refractivity (Wildman–Crippen MR) is 89.2 cm³/mol. The molecular formula is C17H17N5O3. The number of ether oxygens (including phenoxy) is 2. The van der Waals surface area contributed by atoms with E-state index in [4.69, 9.17) is 9.47 Å². The minimum Gasteiger partial charge on any atom is -0.454 e. The third kappa shape index (κ3) is 3.06. The summed E-state index contributed by atoms with van der Waals surface area (Å²) in [5.41, 5.74) is 2.72. The van der Waals surface area contributed by atoms with Crippen LogP contribution in [-0.2, 0) is 13.1 Å². The molecule has 0 saturated carbocycles. The van der Waals surface area contributed by atoms with Crippen molar-refractivity contribution in [2.75, 3.05) is 6.79 Å². The molecule has 3 aromatic rings. The number of H-pyrrole nitrogens is 1. The van der Waals surface area contributed by atoms with Crippen molar-refractivity contribution < 1.29 is 14.3 Å². The van der Waals surface area contributed by atoms with Crippen LogP contribution < -0.4 is 14.8 Å². The summed E-state index contributed by atoms with van der Waals surface area (Å²) in [5.74, 6) is 1.16. The summed E-state index contributed by atoms with van der Waals surface area (Å²) in [6, 6.07) is 9.14. The molecule has 0 spiro atoms. The molecule has 1 amide bonds. The molecule has 1 aliphatic heterocycles. The highest BCUT2D eigenvalue weighted by molar-refractivity contribution is 5.93. The van der Waals surface area contributed by atoms with Gasteiger partial charge in [-0.2, -0.15) is 10.2 Å². The fourth-order valence-electron chi connectivity index (χ4n) is 2.58. The van der Waals surface area contributed by atoms with E-state index in [1.807, 2.05) is 42.1 Å².